The van der Waals surface area contributed by atoms with Gasteiger partial charge in [-0.05, 0) is 29.8 Å². The van der Waals surface area contributed by atoms with Crippen LogP contribution in [0.3, 0.4) is 0 Å². The Morgan fingerprint density at radius 3 is 2.40 bits per heavy atom. The molecule has 5 nitrogen and oxygen atoms in total. The molecule has 152 valence electrons. The topological polar surface area (TPSA) is 59.8 Å². The highest BCUT2D eigenvalue weighted by Crippen LogP contribution is 2.17. The second-order valence-corrected chi connectivity index (χ2v) is 7.56. The van der Waals surface area contributed by atoms with Gasteiger partial charge >= 0.3 is 5.97 Å². The molecule has 1 amide bonds. The first-order valence-electron chi connectivity index (χ1n) is 10.1. The van der Waals surface area contributed by atoms with E-state index in [1.165, 1.54) is 28.7 Å². The molecule has 0 saturated carbocycles. The second-order valence-electron chi connectivity index (χ2n) is 7.56. The third kappa shape index (κ3) is 4.42. The molecule has 0 aliphatic carbocycles. The summed E-state index contributed by atoms with van der Waals surface area (Å²) in [6.07, 6.45) is 1.10. The zero-order valence-electron chi connectivity index (χ0n) is 17.0. The largest absolute Gasteiger partial charge is 0.465 e. The van der Waals surface area contributed by atoms with Gasteiger partial charge < -0.3 is 15.0 Å². The van der Waals surface area contributed by atoms with E-state index in [2.05, 4.69) is 29.6 Å². The number of benzene rings is 3. The van der Waals surface area contributed by atoms with Crippen molar-refractivity contribution in [1.29, 1.82) is 0 Å². The lowest BCUT2D eigenvalue weighted by Crippen LogP contribution is -3.10. The molecule has 1 aliphatic rings. The Labute approximate surface area is 176 Å². The Hall–Kier alpha value is -3.44. The SMILES string of the molecule is COC(=O)c1ccccc1NC(=O)c1ccc(C[NH+]2CCc3ccccc3C2)cc1. The Balaban J connectivity index is 1.41. The van der Waals surface area contributed by atoms with Gasteiger partial charge in [-0.25, -0.2) is 4.79 Å². The molecule has 1 unspecified atom stereocenters. The van der Waals surface area contributed by atoms with Crippen LogP contribution < -0.4 is 10.2 Å². The van der Waals surface area contributed by atoms with E-state index in [-0.39, 0.29) is 5.91 Å². The number of amides is 1. The molecule has 0 saturated heterocycles. The molecular weight excluding hydrogens is 376 g/mol. The Kier molecular flexibility index (Phi) is 5.91. The summed E-state index contributed by atoms with van der Waals surface area (Å²) in [5.41, 5.74) is 5.42. The van der Waals surface area contributed by atoms with Crippen molar-refractivity contribution in [3.05, 3.63) is 101 Å². The van der Waals surface area contributed by atoms with Crippen molar-refractivity contribution in [3.63, 3.8) is 0 Å². The number of methoxy groups -OCH3 is 1. The van der Waals surface area contributed by atoms with E-state index < -0.39 is 5.97 Å². The van der Waals surface area contributed by atoms with Crippen LogP contribution >= 0.6 is 0 Å². The lowest BCUT2D eigenvalue weighted by molar-refractivity contribution is -0.929. The number of esters is 1. The van der Waals surface area contributed by atoms with Crippen LogP contribution in [0.1, 0.15) is 37.4 Å². The molecule has 3 aromatic carbocycles. The van der Waals surface area contributed by atoms with E-state index in [9.17, 15) is 9.59 Å². The van der Waals surface area contributed by atoms with Gasteiger partial charge in [0.25, 0.3) is 5.91 Å². The van der Waals surface area contributed by atoms with Crippen LogP contribution in [0.4, 0.5) is 5.69 Å². The molecule has 0 spiro atoms. The summed E-state index contributed by atoms with van der Waals surface area (Å²) >= 11 is 0. The second kappa shape index (κ2) is 8.93. The van der Waals surface area contributed by atoms with E-state index >= 15 is 0 Å². The maximum atomic E-state index is 12.6. The summed E-state index contributed by atoms with van der Waals surface area (Å²) in [5.74, 6) is -0.732. The number of hydrogen-bond acceptors (Lipinski definition) is 3. The fraction of sp³-hybridized carbons (Fsp3) is 0.200. The minimum absolute atomic E-state index is 0.253. The number of anilines is 1. The molecule has 1 aliphatic heterocycles. The molecule has 1 heterocycles. The highest BCUT2D eigenvalue weighted by molar-refractivity contribution is 6.07. The van der Waals surface area contributed by atoms with Gasteiger partial charge in [-0.2, -0.15) is 0 Å². The van der Waals surface area contributed by atoms with E-state index in [4.69, 9.17) is 4.74 Å². The third-order valence-electron chi connectivity index (χ3n) is 5.56. The molecule has 1 atom stereocenters. The van der Waals surface area contributed by atoms with Crippen molar-refractivity contribution in [2.75, 3.05) is 19.0 Å². The van der Waals surface area contributed by atoms with Gasteiger partial charge in [0.1, 0.15) is 13.1 Å². The van der Waals surface area contributed by atoms with Crippen LogP contribution in [0.5, 0.6) is 0 Å². The number of fused-ring (bicyclic) bond motifs is 1. The minimum atomic E-state index is -0.479. The van der Waals surface area contributed by atoms with Gasteiger partial charge in [0.05, 0.1) is 24.9 Å². The van der Waals surface area contributed by atoms with Gasteiger partial charge in [0, 0.05) is 23.1 Å². The van der Waals surface area contributed by atoms with Crippen LogP contribution in [0, 0.1) is 0 Å². The van der Waals surface area contributed by atoms with E-state index in [0.29, 0.717) is 16.8 Å². The number of hydrogen-bond donors (Lipinski definition) is 2. The maximum Gasteiger partial charge on any atom is 0.339 e. The number of carbonyl (C=O) groups is 2. The molecule has 3 aromatic rings. The Morgan fingerprint density at radius 2 is 1.63 bits per heavy atom. The lowest BCUT2D eigenvalue weighted by Gasteiger charge is -2.26. The molecule has 5 heteroatoms. The first-order chi connectivity index (χ1) is 14.6. The van der Waals surface area contributed by atoms with Crippen molar-refractivity contribution < 1.29 is 19.2 Å². The standard InChI is InChI=1S/C25H24N2O3/c1-30-25(29)22-8-4-5-9-23(22)26-24(28)20-12-10-18(11-13-20)16-27-15-14-19-6-2-3-7-21(19)17-27/h2-13H,14-17H2,1H3,(H,26,28)/p+1. The molecule has 2 N–H and O–H groups in total. The van der Waals surface area contributed by atoms with Crippen LogP contribution in [-0.4, -0.2) is 25.5 Å². The van der Waals surface area contributed by atoms with Gasteiger partial charge in [0.15, 0.2) is 0 Å². The molecule has 0 bridgehead atoms. The average molecular weight is 401 g/mol. The van der Waals surface area contributed by atoms with Crippen molar-refractivity contribution in [2.24, 2.45) is 0 Å². The number of para-hydroxylation sites is 1. The summed E-state index contributed by atoms with van der Waals surface area (Å²) in [5, 5.41) is 2.81. The van der Waals surface area contributed by atoms with Crippen molar-refractivity contribution >= 4 is 17.6 Å². The fourth-order valence-electron chi connectivity index (χ4n) is 3.93. The quantitative estimate of drug-likeness (QED) is 0.647. The van der Waals surface area contributed by atoms with Gasteiger partial charge in [-0.3, -0.25) is 4.79 Å². The Bertz CT molecular complexity index is 1060. The van der Waals surface area contributed by atoms with Crippen LogP contribution in [0.2, 0.25) is 0 Å². The summed E-state index contributed by atoms with van der Waals surface area (Å²) in [6.45, 7) is 3.08. The molecule has 4 rings (SSSR count). The number of rotatable bonds is 5. The van der Waals surface area contributed by atoms with E-state index in [1.54, 1.807) is 24.3 Å². The zero-order valence-corrected chi connectivity index (χ0v) is 17.0. The fourth-order valence-corrected chi connectivity index (χ4v) is 3.93. The first kappa shape index (κ1) is 19.9. The Morgan fingerprint density at radius 1 is 0.933 bits per heavy atom. The monoisotopic (exact) mass is 401 g/mol. The number of quaternary nitrogens is 1. The minimum Gasteiger partial charge on any atom is -0.465 e. The van der Waals surface area contributed by atoms with Crippen LogP contribution in [-0.2, 0) is 24.2 Å². The lowest BCUT2D eigenvalue weighted by atomic mass is 9.99. The van der Waals surface area contributed by atoms with Gasteiger partial charge in [-0.15, -0.1) is 0 Å². The number of ether oxygens (including phenoxy) is 1. The van der Waals surface area contributed by atoms with Gasteiger partial charge in [0.2, 0.25) is 0 Å². The summed E-state index contributed by atoms with van der Waals surface area (Å²) < 4.78 is 4.78. The first-order valence-corrected chi connectivity index (χ1v) is 10.1. The maximum absolute atomic E-state index is 12.6. The molecule has 0 aromatic heterocycles. The van der Waals surface area contributed by atoms with Crippen molar-refractivity contribution in [3.8, 4) is 0 Å². The van der Waals surface area contributed by atoms with Crippen LogP contribution in [0.25, 0.3) is 0 Å². The summed E-state index contributed by atoms with van der Waals surface area (Å²) in [6, 6.07) is 23.2. The molecule has 0 fully saturated rings. The molecule has 30 heavy (non-hydrogen) atoms. The highest BCUT2D eigenvalue weighted by Gasteiger charge is 2.19. The number of nitrogens with one attached hydrogen (secondary N) is 2. The van der Waals surface area contributed by atoms with Crippen molar-refractivity contribution in [2.45, 2.75) is 19.5 Å². The zero-order chi connectivity index (χ0) is 20.9. The van der Waals surface area contributed by atoms with E-state index in [0.717, 1.165) is 26.1 Å². The van der Waals surface area contributed by atoms with Gasteiger partial charge in [-0.1, -0.05) is 48.5 Å². The van der Waals surface area contributed by atoms with Crippen molar-refractivity contribution in [1.82, 2.24) is 0 Å². The smallest absolute Gasteiger partial charge is 0.339 e. The molecule has 0 radical (unpaired) electrons. The highest BCUT2D eigenvalue weighted by atomic mass is 16.5. The normalized spacial score (nSPS) is 15.2. The van der Waals surface area contributed by atoms with E-state index in [1.807, 2.05) is 24.3 Å². The molecular formula is C25H25N2O3+. The predicted octanol–water partition coefficient (Wildman–Crippen LogP) is 2.87. The average Bonchev–Trinajstić information content (AvgIpc) is 2.79. The predicted molar refractivity (Wildman–Crippen MR) is 116 cm³/mol. The number of carbonyl (C=O) groups excluding carboxylic acids is 2. The summed E-state index contributed by atoms with van der Waals surface area (Å²) in [4.78, 5) is 26.1. The van der Waals surface area contributed by atoms with Crippen LogP contribution in [0.15, 0.2) is 72.8 Å². The summed E-state index contributed by atoms with van der Waals surface area (Å²) in [7, 11) is 1.32. The third-order valence-corrected chi connectivity index (χ3v) is 5.56.